The van der Waals surface area contributed by atoms with Crippen LogP contribution in [-0.2, 0) is 11.3 Å². The standard InChI is InChI=1S/C18H23N5O/c19-13-15-5-1-2-6-16(15)23-11-9-22(10-12-23)14-18(24)21-17-7-3-4-8-20-17/h1-8H,9-14,19H2,(H,20,21,24). The summed E-state index contributed by atoms with van der Waals surface area (Å²) in [4.78, 5) is 20.7. The number of rotatable bonds is 5. The first-order chi connectivity index (χ1) is 11.8. The SMILES string of the molecule is NCc1ccccc1N1CCN(CC(=O)Nc2ccccn2)CC1. The molecule has 1 amide bonds. The number of aromatic nitrogens is 1. The van der Waals surface area contributed by atoms with Crippen molar-refractivity contribution < 1.29 is 4.79 Å². The summed E-state index contributed by atoms with van der Waals surface area (Å²) in [7, 11) is 0. The second-order valence-corrected chi connectivity index (χ2v) is 5.86. The molecule has 1 saturated heterocycles. The molecule has 1 aliphatic rings. The Balaban J connectivity index is 1.51. The predicted octanol–water partition coefficient (Wildman–Crippen LogP) is 1.30. The monoisotopic (exact) mass is 325 g/mol. The molecule has 1 fully saturated rings. The maximum absolute atomic E-state index is 12.1. The average molecular weight is 325 g/mol. The molecule has 0 bridgehead atoms. The highest BCUT2D eigenvalue weighted by Crippen LogP contribution is 2.21. The van der Waals surface area contributed by atoms with Gasteiger partial charge < -0.3 is 16.0 Å². The van der Waals surface area contributed by atoms with Gasteiger partial charge in [0, 0.05) is 44.6 Å². The Kier molecular flexibility index (Phi) is 5.40. The molecule has 0 aliphatic carbocycles. The van der Waals surface area contributed by atoms with Gasteiger partial charge in [-0.15, -0.1) is 0 Å². The minimum Gasteiger partial charge on any atom is -0.369 e. The van der Waals surface area contributed by atoms with E-state index in [0.717, 1.165) is 26.2 Å². The zero-order valence-corrected chi connectivity index (χ0v) is 13.7. The quantitative estimate of drug-likeness (QED) is 0.867. The molecule has 6 nitrogen and oxygen atoms in total. The van der Waals surface area contributed by atoms with Gasteiger partial charge in [0.2, 0.25) is 5.91 Å². The van der Waals surface area contributed by atoms with Gasteiger partial charge in [0.15, 0.2) is 0 Å². The molecule has 0 spiro atoms. The number of nitrogens with two attached hydrogens (primary N) is 1. The van der Waals surface area contributed by atoms with Gasteiger partial charge in [0.05, 0.1) is 6.54 Å². The number of hydrogen-bond donors (Lipinski definition) is 2. The smallest absolute Gasteiger partial charge is 0.239 e. The Morgan fingerprint density at radius 3 is 2.54 bits per heavy atom. The number of carbonyl (C=O) groups excluding carboxylic acids is 1. The third kappa shape index (κ3) is 4.10. The molecule has 1 aliphatic heterocycles. The van der Waals surface area contributed by atoms with Crippen LogP contribution in [0.2, 0.25) is 0 Å². The van der Waals surface area contributed by atoms with E-state index in [1.54, 1.807) is 12.3 Å². The molecular formula is C18H23N5O. The topological polar surface area (TPSA) is 74.5 Å². The number of nitrogens with one attached hydrogen (secondary N) is 1. The van der Waals surface area contributed by atoms with Crippen LogP contribution >= 0.6 is 0 Å². The van der Waals surface area contributed by atoms with Crippen LogP contribution in [0.25, 0.3) is 0 Å². The lowest BCUT2D eigenvalue weighted by Gasteiger charge is -2.36. The molecule has 6 heteroatoms. The van der Waals surface area contributed by atoms with Crippen molar-refractivity contribution in [2.45, 2.75) is 6.54 Å². The van der Waals surface area contributed by atoms with Gasteiger partial charge in [-0.1, -0.05) is 24.3 Å². The van der Waals surface area contributed by atoms with Gasteiger partial charge in [-0.2, -0.15) is 0 Å². The summed E-state index contributed by atoms with van der Waals surface area (Å²) in [5, 5.41) is 2.83. The molecule has 2 aromatic rings. The Bertz CT molecular complexity index is 668. The van der Waals surface area contributed by atoms with Gasteiger partial charge in [0.1, 0.15) is 5.82 Å². The number of amides is 1. The fraction of sp³-hybridized carbons (Fsp3) is 0.333. The van der Waals surface area contributed by atoms with Gasteiger partial charge >= 0.3 is 0 Å². The lowest BCUT2D eigenvalue weighted by molar-refractivity contribution is -0.117. The van der Waals surface area contributed by atoms with E-state index < -0.39 is 0 Å². The number of anilines is 2. The summed E-state index contributed by atoms with van der Waals surface area (Å²) in [6, 6.07) is 13.7. The fourth-order valence-corrected chi connectivity index (χ4v) is 2.96. The minimum atomic E-state index is -0.0236. The van der Waals surface area contributed by atoms with E-state index in [-0.39, 0.29) is 5.91 Å². The molecule has 3 N–H and O–H groups in total. The van der Waals surface area contributed by atoms with E-state index in [4.69, 9.17) is 5.73 Å². The summed E-state index contributed by atoms with van der Waals surface area (Å²) in [6.45, 7) is 4.44. The molecule has 1 aromatic heterocycles. The van der Waals surface area contributed by atoms with E-state index in [1.165, 1.54) is 11.3 Å². The van der Waals surface area contributed by atoms with Crippen LogP contribution in [0.5, 0.6) is 0 Å². The van der Waals surface area contributed by atoms with Crippen LogP contribution < -0.4 is 16.0 Å². The van der Waals surface area contributed by atoms with Crippen LogP contribution in [0.1, 0.15) is 5.56 Å². The van der Waals surface area contributed by atoms with Crippen molar-refractivity contribution in [1.29, 1.82) is 0 Å². The van der Waals surface area contributed by atoms with Crippen molar-refractivity contribution in [2.24, 2.45) is 5.73 Å². The fourth-order valence-electron chi connectivity index (χ4n) is 2.96. The predicted molar refractivity (Wildman–Crippen MR) is 95.9 cm³/mol. The summed E-state index contributed by atoms with van der Waals surface area (Å²) in [5.74, 6) is 0.572. The molecule has 126 valence electrons. The van der Waals surface area contributed by atoms with Crippen LogP contribution in [0.15, 0.2) is 48.7 Å². The first-order valence-electron chi connectivity index (χ1n) is 8.22. The first-order valence-corrected chi connectivity index (χ1v) is 8.22. The van der Waals surface area contributed by atoms with E-state index in [0.29, 0.717) is 18.9 Å². The summed E-state index contributed by atoms with van der Waals surface area (Å²) >= 11 is 0. The van der Waals surface area contributed by atoms with Gasteiger partial charge in [-0.25, -0.2) is 4.98 Å². The normalized spacial score (nSPS) is 15.3. The van der Waals surface area contributed by atoms with Crippen LogP contribution in [-0.4, -0.2) is 48.5 Å². The molecule has 3 rings (SSSR count). The van der Waals surface area contributed by atoms with Crippen molar-refractivity contribution in [3.8, 4) is 0 Å². The number of nitrogens with zero attached hydrogens (tertiary/aromatic N) is 3. The summed E-state index contributed by atoms with van der Waals surface area (Å²) < 4.78 is 0. The van der Waals surface area contributed by atoms with Crippen molar-refractivity contribution in [1.82, 2.24) is 9.88 Å². The Morgan fingerprint density at radius 2 is 1.83 bits per heavy atom. The number of piperazine rings is 1. The highest BCUT2D eigenvalue weighted by atomic mass is 16.2. The van der Waals surface area contributed by atoms with E-state index in [1.807, 2.05) is 24.3 Å². The van der Waals surface area contributed by atoms with Crippen molar-refractivity contribution in [3.05, 3.63) is 54.2 Å². The largest absolute Gasteiger partial charge is 0.369 e. The molecule has 0 atom stereocenters. The molecule has 1 aromatic carbocycles. The molecule has 0 radical (unpaired) electrons. The third-order valence-corrected chi connectivity index (χ3v) is 4.22. The van der Waals surface area contributed by atoms with Crippen molar-refractivity contribution in [2.75, 3.05) is 42.9 Å². The molecule has 0 saturated carbocycles. The minimum absolute atomic E-state index is 0.0236. The highest BCUT2D eigenvalue weighted by molar-refractivity contribution is 5.91. The second-order valence-electron chi connectivity index (χ2n) is 5.86. The third-order valence-electron chi connectivity index (χ3n) is 4.22. The van der Waals surface area contributed by atoms with Crippen LogP contribution in [0.3, 0.4) is 0 Å². The first kappa shape index (κ1) is 16.4. The van der Waals surface area contributed by atoms with Crippen molar-refractivity contribution >= 4 is 17.4 Å². The summed E-state index contributed by atoms with van der Waals surface area (Å²) in [5.41, 5.74) is 8.20. The Morgan fingerprint density at radius 1 is 1.08 bits per heavy atom. The molecular weight excluding hydrogens is 302 g/mol. The van der Waals surface area contributed by atoms with Gasteiger partial charge in [-0.3, -0.25) is 9.69 Å². The van der Waals surface area contributed by atoms with Crippen molar-refractivity contribution in [3.63, 3.8) is 0 Å². The van der Waals surface area contributed by atoms with E-state index >= 15 is 0 Å². The lowest BCUT2D eigenvalue weighted by atomic mass is 10.1. The number of benzene rings is 1. The zero-order chi connectivity index (χ0) is 16.8. The summed E-state index contributed by atoms with van der Waals surface area (Å²) in [6.07, 6.45) is 1.67. The molecule has 2 heterocycles. The average Bonchev–Trinajstić information content (AvgIpc) is 2.63. The second kappa shape index (κ2) is 7.90. The molecule has 0 unspecified atom stereocenters. The van der Waals surface area contributed by atoms with Crippen LogP contribution in [0.4, 0.5) is 11.5 Å². The maximum atomic E-state index is 12.1. The van der Waals surface area contributed by atoms with Gasteiger partial charge in [-0.05, 0) is 23.8 Å². The number of pyridine rings is 1. The Hall–Kier alpha value is -2.44. The van der Waals surface area contributed by atoms with E-state index in [9.17, 15) is 4.79 Å². The zero-order valence-electron chi connectivity index (χ0n) is 13.7. The molecule has 24 heavy (non-hydrogen) atoms. The van der Waals surface area contributed by atoms with Gasteiger partial charge in [0.25, 0.3) is 0 Å². The number of carbonyl (C=O) groups is 1. The number of para-hydroxylation sites is 1. The van der Waals surface area contributed by atoms with E-state index in [2.05, 4.69) is 32.2 Å². The lowest BCUT2D eigenvalue weighted by Crippen LogP contribution is -2.49. The highest BCUT2D eigenvalue weighted by Gasteiger charge is 2.20. The maximum Gasteiger partial charge on any atom is 0.239 e. The number of hydrogen-bond acceptors (Lipinski definition) is 5. The van der Waals surface area contributed by atoms with Crippen LogP contribution in [0, 0.1) is 0 Å². The Labute approximate surface area is 142 Å².